The summed E-state index contributed by atoms with van der Waals surface area (Å²) in [7, 11) is 0. The summed E-state index contributed by atoms with van der Waals surface area (Å²) in [6, 6.07) is -1.04. The van der Waals surface area contributed by atoms with Gasteiger partial charge in [-0.05, 0) is 32.9 Å². The molecule has 7 nitrogen and oxygen atoms in total. The number of cyclic esters (lactones) is 1. The van der Waals surface area contributed by atoms with Gasteiger partial charge in [0.25, 0.3) is 0 Å². The molecule has 0 bridgehead atoms. The van der Waals surface area contributed by atoms with Crippen molar-refractivity contribution in [3.63, 3.8) is 0 Å². The highest BCUT2D eigenvalue weighted by atomic mass is 32.2. The van der Waals surface area contributed by atoms with E-state index in [4.69, 9.17) is 14.6 Å². The maximum Gasteiger partial charge on any atom is 0.408 e. The molecule has 120 valence electrons. The normalized spacial score (nSPS) is 19.8. The summed E-state index contributed by atoms with van der Waals surface area (Å²) in [6.45, 7) is 5.51. The molecular weight excluding hydrogens is 298 g/mol. The number of carbonyl (C=O) groups is 3. The molecule has 0 saturated carbocycles. The maximum absolute atomic E-state index is 11.6. The van der Waals surface area contributed by atoms with Crippen molar-refractivity contribution < 1.29 is 29.0 Å². The zero-order chi connectivity index (χ0) is 16.0. The molecule has 1 fully saturated rings. The molecule has 0 spiro atoms. The third-order valence-corrected chi connectivity index (χ3v) is 3.90. The number of rotatable bonds is 6. The molecule has 2 N–H and O–H groups in total. The van der Waals surface area contributed by atoms with Gasteiger partial charge in [0.05, 0.1) is 6.61 Å². The number of esters is 1. The Morgan fingerprint density at radius 2 is 2.19 bits per heavy atom. The Bertz CT molecular complexity index is 406. The Balaban J connectivity index is 2.38. The van der Waals surface area contributed by atoms with Crippen LogP contribution in [0.15, 0.2) is 0 Å². The van der Waals surface area contributed by atoms with E-state index < -0.39 is 23.7 Å². The van der Waals surface area contributed by atoms with Crippen LogP contribution in [0.5, 0.6) is 0 Å². The third kappa shape index (κ3) is 6.70. The highest BCUT2D eigenvalue weighted by molar-refractivity contribution is 8.00. The van der Waals surface area contributed by atoms with Crippen molar-refractivity contribution in [2.45, 2.75) is 50.5 Å². The smallest absolute Gasteiger partial charge is 0.408 e. The molecule has 2 atom stereocenters. The minimum atomic E-state index is -1.13. The maximum atomic E-state index is 11.6. The van der Waals surface area contributed by atoms with Gasteiger partial charge in [0.2, 0.25) is 0 Å². The van der Waals surface area contributed by atoms with Gasteiger partial charge in [-0.2, -0.15) is 0 Å². The number of hydrogen-bond donors (Lipinski definition) is 2. The summed E-state index contributed by atoms with van der Waals surface area (Å²) >= 11 is 1.35. The summed E-state index contributed by atoms with van der Waals surface area (Å²) in [5, 5.41) is 11.2. The predicted molar refractivity (Wildman–Crippen MR) is 77.2 cm³/mol. The minimum absolute atomic E-state index is 0.211. The van der Waals surface area contributed by atoms with Gasteiger partial charge in [-0.3, -0.25) is 4.79 Å². The Kier molecular flexibility index (Phi) is 6.32. The van der Waals surface area contributed by atoms with E-state index in [-0.39, 0.29) is 17.6 Å². The van der Waals surface area contributed by atoms with E-state index in [1.54, 1.807) is 20.8 Å². The lowest BCUT2D eigenvalue weighted by Gasteiger charge is -2.22. The fraction of sp³-hybridized carbons (Fsp3) is 0.769. The fourth-order valence-electron chi connectivity index (χ4n) is 1.66. The first-order chi connectivity index (χ1) is 9.69. The minimum Gasteiger partial charge on any atom is -0.480 e. The molecule has 21 heavy (non-hydrogen) atoms. The molecule has 2 unspecified atom stereocenters. The number of aliphatic carboxylic acids is 1. The quantitative estimate of drug-likeness (QED) is 0.713. The first-order valence-corrected chi connectivity index (χ1v) is 7.74. The van der Waals surface area contributed by atoms with Crippen molar-refractivity contribution in [2.24, 2.45) is 0 Å². The molecular formula is C13H21NO6S. The number of alkyl carbamates (subject to hydrolysis) is 1. The Morgan fingerprint density at radius 3 is 2.67 bits per heavy atom. The second-order valence-corrected chi connectivity index (χ2v) is 6.95. The molecule has 0 aliphatic carbocycles. The third-order valence-electron chi connectivity index (χ3n) is 2.60. The van der Waals surface area contributed by atoms with Crippen molar-refractivity contribution in [3.05, 3.63) is 0 Å². The van der Waals surface area contributed by atoms with E-state index in [1.807, 2.05) is 0 Å². The topological polar surface area (TPSA) is 102 Å². The summed E-state index contributed by atoms with van der Waals surface area (Å²) < 4.78 is 9.84. The molecule has 0 aromatic carbocycles. The Labute approximate surface area is 127 Å². The van der Waals surface area contributed by atoms with Crippen LogP contribution >= 0.6 is 11.8 Å². The van der Waals surface area contributed by atoms with Crippen LogP contribution in [0, 0.1) is 0 Å². The molecule has 1 rings (SSSR count). The lowest BCUT2D eigenvalue weighted by atomic mass is 10.2. The largest absolute Gasteiger partial charge is 0.480 e. The van der Waals surface area contributed by atoms with Crippen molar-refractivity contribution >= 4 is 29.8 Å². The van der Waals surface area contributed by atoms with E-state index in [0.29, 0.717) is 18.8 Å². The van der Waals surface area contributed by atoms with Gasteiger partial charge in [-0.1, -0.05) is 0 Å². The lowest BCUT2D eigenvalue weighted by Crippen LogP contribution is -2.43. The molecule has 1 amide bonds. The second kappa shape index (κ2) is 7.53. The van der Waals surface area contributed by atoms with Crippen LogP contribution in [0.25, 0.3) is 0 Å². The summed E-state index contributed by atoms with van der Waals surface area (Å²) in [6.07, 6.45) is 0.0872. The van der Waals surface area contributed by atoms with Crippen LogP contribution in [0.2, 0.25) is 0 Å². The van der Waals surface area contributed by atoms with E-state index in [0.717, 1.165) is 0 Å². The van der Waals surface area contributed by atoms with Crippen LogP contribution in [-0.4, -0.2) is 52.4 Å². The van der Waals surface area contributed by atoms with Gasteiger partial charge in [-0.25, -0.2) is 9.59 Å². The lowest BCUT2D eigenvalue weighted by molar-refractivity contribution is -0.139. The zero-order valence-corrected chi connectivity index (χ0v) is 13.2. The average Bonchev–Trinajstić information content (AvgIpc) is 2.71. The Morgan fingerprint density at radius 1 is 1.52 bits per heavy atom. The number of nitrogens with one attached hydrogen (secondary N) is 1. The second-order valence-electron chi connectivity index (χ2n) is 5.64. The number of hydrogen-bond acceptors (Lipinski definition) is 6. The van der Waals surface area contributed by atoms with Gasteiger partial charge in [0.1, 0.15) is 16.9 Å². The molecule has 0 aromatic heterocycles. The van der Waals surface area contributed by atoms with E-state index in [2.05, 4.69) is 5.32 Å². The highest BCUT2D eigenvalue weighted by Gasteiger charge is 2.28. The summed E-state index contributed by atoms with van der Waals surface area (Å²) in [5.41, 5.74) is -0.685. The zero-order valence-electron chi connectivity index (χ0n) is 12.4. The standard InChI is InChI=1S/C13H21NO6S/c1-13(2,3)20-12(18)14-8(10(15)16)5-7-21-9-4-6-19-11(9)17/h8-9H,4-7H2,1-3H3,(H,14,18)(H,15,16). The number of thioether (sulfide) groups is 1. The molecule has 0 aromatic rings. The van der Waals surface area contributed by atoms with Gasteiger partial charge in [0.15, 0.2) is 0 Å². The van der Waals surface area contributed by atoms with Crippen molar-refractivity contribution in [1.29, 1.82) is 0 Å². The SMILES string of the molecule is CC(C)(C)OC(=O)NC(CCSC1CCOC1=O)C(=O)O. The monoisotopic (exact) mass is 319 g/mol. The van der Waals surface area contributed by atoms with E-state index in [9.17, 15) is 14.4 Å². The van der Waals surface area contributed by atoms with Crippen LogP contribution in [0.4, 0.5) is 4.79 Å². The van der Waals surface area contributed by atoms with Crippen LogP contribution in [0.1, 0.15) is 33.6 Å². The van der Waals surface area contributed by atoms with E-state index >= 15 is 0 Å². The molecule has 1 aliphatic rings. The fourth-order valence-corrected chi connectivity index (χ4v) is 2.79. The van der Waals surface area contributed by atoms with Gasteiger partial charge < -0.3 is 19.9 Å². The van der Waals surface area contributed by atoms with Gasteiger partial charge >= 0.3 is 18.0 Å². The molecule has 1 heterocycles. The van der Waals surface area contributed by atoms with Crippen molar-refractivity contribution in [1.82, 2.24) is 5.32 Å². The summed E-state index contributed by atoms with van der Waals surface area (Å²) in [5.74, 6) is -0.950. The van der Waals surface area contributed by atoms with Crippen LogP contribution < -0.4 is 5.32 Å². The highest BCUT2D eigenvalue weighted by Crippen LogP contribution is 2.22. The molecule has 1 aliphatic heterocycles. The number of carboxylic acids is 1. The van der Waals surface area contributed by atoms with Crippen molar-refractivity contribution in [2.75, 3.05) is 12.4 Å². The number of carboxylic acid groups (broad SMARTS) is 1. The molecule has 1 saturated heterocycles. The van der Waals surface area contributed by atoms with Crippen LogP contribution in [0.3, 0.4) is 0 Å². The van der Waals surface area contributed by atoms with Crippen molar-refractivity contribution in [3.8, 4) is 0 Å². The number of ether oxygens (including phenoxy) is 2. The van der Waals surface area contributed by atoms with E-state index in [1.165, 1.54) is 11.8 Å². The number of carbonyl (C=O) groups excluding carboxylic acids is 2. The average molecular weight is 319 g/mol. The Hall–Kier alpha value is -1.44. The molecule has 8 heteroatoms. The first-order valence-electron chi connectivity index (χ1n) is 6.69. The van der Waals surface area contributed by atoms with Gasteiger partial charge in [-0.15, -0.1) is 11.8 Å². The molecule has 0 radical (unpaired) electrons. The predicted octanol–water partition coefficient (Wildman–Crippen LogP) is 1.40. The summed E-state index contributed by atoms with van der Waals surface area (Å²) in [4.78, 5) is 34.0. The van der Waals surface area contributed by atoms with Gasteiger partial charge in [0, 0.05) is 6.42 Å². The van der Waals surface area contributed by atoms with Crippen LogP contribution in [-0.2, 0) is 19.1 Å². The first kappa shape index (κ1) is 17.6. The number of amides is 1.